The van der Waals surface area contributed by atoms with Gasteiger partial charge in [0, 0.05) is 22.2 Å². The van der Waals surface area contributed by atoms with Crippen LogP contribution in [0.2, 0.25) is 0 Å². The molecule has 0 aliphatic heterocycles. The van der Waals surface area contributed by atoms with Crippen molar-refractivity contribution in [2.75, 3.05) is 4.90 Å². The van der Waals surface area contributed by atoms with Crippen LogP contribution in [0, 0.1) is 5.41 Å². The van der Waals surface area contributed by atoms with Crippen LogP contribution < -0.4 is 10.6 Å². The molecule has 1 saturated carbocycles. The Morgan fingerprint density at radius 1 is 1.26 bits per heavy atom. The van der Waals surface area contributed by atoms with Gasteiger partial charge in [0.2, 0.25) is 0 Å². The largest absolute Gasteiger partial charge is 0.384 e. The Morgan fingerprint density at radius 2 is 2.05 bits per heavy atom. The second-order valence-corrected chi connectivity index (χ2v) is 5.90. The summed E-state index contributed by atoms with van der Waals surface area (Å²) in [4.78, 5) is 3.74. The molecule has 1 aliphatic rings. The number of benzene rings is 1. The lowest BCUT2D eigenvalue weighted by Gasteiger charge is -2.26. The molecule has 0 unspecified atom stereocenters. The molecule has 3 nitrogen and oxygen atoms in total. The van der Waals surface area contributed by atoms with E-state index >= 15 is 0 Å². The summed E-state index contributed by atoms with van der Waals surface area (Å²) in [6.07, 6.45) is 2.47. The smallest absolute Gasteiger partial charge is 0.124 e. The summed E-state index contributed by atoms with van der Waals surface area (Å²) in [5.74, 6) is 0.146. The molecule has 1 aromatic heterocycles. The van der Waals surface area contributed by atoms with Crippen molar-refractivity contribution in [3.05, 3.63) is 52.2 Å². The number of nitrogens with two attached hydrogens (primary N) is 1. The van der Waals surface area contributed by atoms with Gasteiger partial charge >= 0.3 is 0 Å². The molecule has 3 N–H and O–H groups in total. The molecule has 0 spiro atoms. The summed E-state index contributed by atoms with van der Waals surface area (Å²) in [7, 11) is 0. The predicted octanol–water partition coefficient (Wildman–Crippen LogP) is 3.20. The highest BCUT2D eigenvalue weighted by atomic mass is 32.1. The number of para-hydroxylation sites is 1. The molecule has 19 heavy (non-hydrogen) atoms. The van der Waals surface area contributed by atoms with E-state index in [2.05, 4.69) is 28.5 Å². The van der Waals surface area contributed by atoms with E-state index < -0.39 is 0 Å². The number of amidine groups is 1. The lowest BCUT2D eigenvalue weighted by molar-refractivity contribution is 0.802. The van der Waals surface area contributed by atoms with E-state index in [9.17, 15) is 0 Å². The van der Waals surface area contributed by atoms with E-state index in [1.54, 1.807) is 11.3 Å². The number of nitrogens with one attached hydrogen (secondary N) is 1. The maximum atomic E-state index is 7.73. The van der Waals surface area contributed by atoms with Crippen LogP contribution in [0.1, 0.15) is 23.3 Å². The molecule has 0 bridgehead atoms. The fourth-order valence-electron chi connectivity index (χ4n) is 2.32. The zero-order chi connectivity index (χ0) is 13.2. The van der Waals surface area contributed by atoms with Crippen LogP contribution in [-0.2, 0) is 6.54 Å². The highest BCUT2D eigenvalue weighted by Gasteiger charge is 2.30. The Kier molecular flexibility index (Phi) is 3.25. The molecule has 2 aromatic rings. The number of anilines is 1. The third-order valence-electron chi connectivity index (χ3n) is 3.40. The third kappa shape index (κ3) is 2.63. The number of nitrogen functional groups attached to an aromatic ring is 1. The molecule has 98 valence electrons. The third-order valence-corrected chi connectivity index (χ3v) is 4.26. The lowest BCUT2D eigenvalue weighted by Crippen LogP contribution is -2.27. The molecule has 0 amide bonds. The fraction of sp³-hybridized carbons (Fsp3) is 0.267. The zero-order valence-electron chi connectivity index (χ0n) is 10.7. The number of hydrogen-bond acceptors (Lipinski definition) is 3. The molecular formula is C15H17N3S. The van der Waals surface area contributed by atoms with E-state index in [1.807, 2.05) is 18.2 Å². The molecule has 1 aromatic carbocycles. The first-order valence-electron chi connectivity index (χ1n) is 6.48. The molecule has 0 radical (unpaired) electrons. The van der Waals surface area contributed by atoms with Crippen LogP contribution >= 0.6 is 11.3 Å². The Bertz CT molecular complexity index is 573. The normalized spacial score (nSPS) is 14.3. The summed E-state index contributed by atoms with van der Waals surface area (Å²) in [6.45, 7) is 0.909. The van der Waals surface area contributed by atoms with Crippen LogP contribution in [0.3, 0.4) is 0 Å². The standard InChI is InChI=1S/C15H17N3S/c16-15(17)13-5-1-2-6-14(13)18(11-7-8-11)10-12-4-3-9-19-12/h1-6,9,11H,7-8,10H2,(H3,16,17). The molecule has 0 saturated heterocycles. The number of thiophene rings is 1. The monoisotopic (exact) mass is 271 g/mol. The second-order valence-electron chi connectivity index (χ2n) is 4.87. The summed E-state index contributed by atoms with van der Waals surface area (Å²) >= 11 is 1.78. The van der Waals surface area contributed by atoms with Gasteiger partial charge < -0.3 is 10.6 Å². The molecule has 1 heterocycles. The first kappa shape index (κ1) is 12.2. The van der Waals surface area contributed by atoms with Gasteiger partial charge in [0.05, 0.1) is 6.54 Å². The summed E-state index contributed by atoms with van der Waals surface area (Å²) in [5, 5.41) is 9.84. The van der Waals surface area contributed by atoms with Gasteiger partial charge in [-0.15, -0.1) is 11.3 Å². The molecule has 3 rings (SSSR count). The van der Waals surface area contributed by atoms with Crippen molar-refractivity contribution < 1.29 is 0 Å². The maximum Gasteiger partial charge on any atom is 0.124 e. The minimum atomic E-state index is 0.146. The average Bonchev–Trinajstić information content (AvgIpc) is 3.13. The van der Waals surface area contributed by atoms with Crippen LogP contribution in [0.5, 0.6) is 0 Å². The van der Waals surface area contributed by atoms with Crippen molar-refractivity contribution in [1.82, 2.24) is 0 Å². The first-order chi connectivity index (χ1) is 9.25. The van der Waals surface area contributed by atoms with Gasteiger partial charge in [-0.2, -0.15) is 0 Å². The van der Waals surface area contributed by atoms with Gasteiger partial charge in [-0.3, -0.25) is 5.41 Å². The van der Waals surface area contributed by atoms with E-state index in [4.69, 9.17) is 11.1 Å². The van der Waals surface area contributed by atoms with E-state index in [-0.39, 0.29) is 5.84 Å². The van der Waals surface area contributed by atoms with Gasteiger partial charge in [0.15, 0.2) is 0 Å². The van der Waals surface area contributed by atoms with Crippen molar-refractivity contribution in [3.8, 4) is 0 Å². The Labute approximate surface area is 117 Å². The fourth-order valence-corrected chi connectivity index (χ4v) is 3.02. The number of nitrogens with zero attached hydrogens (tertiary/aromatic N) is 1. The first-order valence-corrected chi connectivity index (χ1v) is 7.36. The average molecular weight is 271 g/mol. The predicted molar refractivity (Wildman–Crippen MR) is 81.0 cm³/mol. The minimum Gasteiger partial charge on any atom is -0.384 e. The summed E-state index contributed by atoms with van der Waals surface area (Å²) in [6, 6.07) is 12.8. The Balaban J connectivity index is 1.94. The molecule has 0 atom stereocenters. The Morgan fingerprint density at radius 3 is 2.68 bits per heavy atom. The van der Waals surface area contributed by atoms with E-state index in [1.165, 1.54) is 17.7 Å². The van der Waals surface area contributed by atoms with Crippen molar-refractivity contribution in [2.45, 2.75) is 25.4 Å². The zero-order valence-corrected chi connectivity index (χ0v) is 11.5. The van der Waals surface area contributed by atoms with Gasteiger partial charge in [0.1, 0.15) is 5.84 Å². The quantitative estimate of drug-likeness (QED) is 0.648. The van der Waals surface area contributed by atoms with Crippen LogP contribution in [0.25, 0.3) is 0 Å². The molecule has 1 aliphatic carbocycles. The highest BCUT2D eigenvalue weighted by Crippen LogP contribution is 2.35. The molecule has 1 fully saturated rings. The summed E-state index contributed by atoms with van der Waals surface area (Å²) in [5.41, 5.74) is 7.63. The SMILES string of the molecule is N=C(N)c1ccccc1N(Cc1cccs1)C1CC1. The molecular weight excluding hydrogens is 254 g/mol. The highest BCUT2D eigenvalue weighted by molar-refractivity contribution is 7.09. The van der Waals surface area contributed by atoms with Gasteiger partial charge in [-0.05, 0) is 36.4 Å². The van der Waals surface area contributed by atoms with Gasteiger partial charge in [-0.1, -0.05) is 18.2 Å². The van der Waals surface area contributed by atoms with Crippen molar-refractivity contribution in [2.24, 2.45) is 5.73 Å². The minimum absolute atomic E-state index is 0.146. The van der Waals surface area contributed by atoms with Crippen LogP contribution in [-0.4, -0.2) is 11.9 Å². The lowest BCUT2D eigenvalue weighted by atomic mass is 10.1. The molecule has 4 heteroatoms. The number of hydrogen-bond donors (Lipinski definition) is 2. The second kappa shape index (κ2) is 5.05. The van der Waals surface area contributed by atoms with E-state index in [0.717, 1.165) is 17.8 Å². The topological polar surface area (TPSA) is 53.1 Å². The van der Waals surface area contributed by atoms with Gasteiger partial charge in [0.25, 0.3) is 0 Å². The number of rotatable bonds is 5. The van der Waals surface area contributed by atoms with Gasteiger partial charge in [-0.25, -0.2) is 0 Å². The van der Waals surface area contributed by atoms with Crippen LogP contribution in [0.4, 0.5) is 5.69 Å². The summed E-state index contributed by atoms with van der Waals surface area (Å²) < 4.78 is 0. The van der Waals surface area contributed by atoms with Crippen LogP contribution in [0.15, 0.2) is 41.8 Å². The maximum absolute atomic E-state index is 7.73. The Hall–Kier alpha value is -1.81. The van der Waals surface area contributed by atoms with Crippen molar-refractivity contribution in [3.63, 3.8) is 0 Å². The van der Waals surface area contributed by atoms with E-state index in [0.29, 0.717) is 6.04 Å². The van der Waals surface area contributed by atoms with Crippen molar-refractivity contribution >= 4 is 22.9 Å². The van der Waals surface area contributed by atoms with Crippen molar-refractivity contribution in [1.29, 1.82) is 5.41 Å².